The van der Waals surface area contributed by atoms with Crippen LogP contribution in [0.25, 0.3) is 0 Å². The maximum atomic E-state index is 3.82. The lowest BCUT2D eigenvalue weighted by Gasteiger charge is -2.24. The van der Waals surface area contributed by atoms with Crippen LogP contribution in [-0.2, 0) is 6.42 Å². The first-order chi connectivity index (χ1) is 7.93. The van der Waals surface area contributed by atoms with Crippen LogP contribution in [0.15, 0.2) is 36.4 Å². The van der Waals surface area contributed by atoms with Crippen molar-refractivity contribution in [1.29, 1.82) is 0 Å². The standard InChI is InChI=1S/C15H19N/c1-2-7-13(8-3-1)16-15-11-10-12-6-4-5-9-14(12)15/h1-2,4-6,9,13,15-16H,3,7-8,10-11H2. The highest BCUT2D eigenvalue weighted by molar-refractivity contribution is 5.34. The van der Waals surface area contributed by atoms with Crippen molar-refractivity contribution in [2.24, 2.45) is 0 Å². The van der Waals surface area contributed by atoms with E-state index in [9.17, 15) is 0 Å². The second-order valence-corrected chi connectivity index (χ2v) is 4.94. The summed E-state index contributed by atoms with van der Waals surface area (Å²) < 4.78 is 0. The maximum Gasteiger partial charge on any atom is 0.0328 e. The summed E-state index contributed by atoms with van der Waals surface area (Å²) in [5.41, 5.74) is 3.09. The molecule has 16 heavy (non-hydrogen) atoms. The summed E-state index contributed by atoms with van der Waals surface area (Å²) in [6.07, 6.45) is 10.9. The molecule has 84 valence electrons. The predicted molar refractivity (Wildman–Crippen MR) is 67.4 cm³/mol. The highest BCUT2D eigenvalue weighted by Crippen LogP contribution is 2.31. The summed E-state index contributed by atoms with van der Waals surface area (Å²) in [6, 6.07) is 10.2. The van der Waals surface area contributed by atoms with E-state index in [1.54, 1.807) is 5.56 Å². The van der Waals surface area contributed by atoms with Gasteiger partial charge in [-0.25, -0.2) is 0 Å². The van der Waals surface area contributed by atoms with Crippen molar-refractivity contribution in [1.82, 2.24) is 5.32 Å². The largest absolute Gasteiger partial charge is 0.307 e. The van der Waals surface area contributed by atoms with Crippen molar-refractivity contribution in [3.8, 4) is 0 Å². The van der Waals surface area contributed by atoms with E-state index in [0.717, 1.165) is 0 Å². The number of allylic oxidation sites excluding steroid dienone is 1. The summed E-state index contributed by atoms with van der Waals surface area (Å²) >= 11 is 0. The average Bonchev–Trinajstić information content (AvgIpc) is 2.74. The highest BCUT2D eigenvalue weighted by atomic mass is 15.0. The lowest BCUT2D eigenvalue weighted by molar-refractivity contribution is 0.408. The van der Waals surface area contributed by atoms with Crippen LogP contribution < -0.4 is 5.32 Å². The molecular formula is C15H19N. The molecule has 3 rings (SSSR count). The molecule has 0 amide bonds. The maximum absolute atomic E-state index is 3.82. The lowest BCUT2D eigenvalue weighted by Crippen LogP contribution is -2.32. The Labute approximate surface area is 97.6 Å². The summed E-state index contributed by atoms with van der Waals surface area (Å²) in [5, 5.41) is 3.82. The zero-order valence-corrected chi connectivity index (χ0v) is 9.65. The molecule has 2 atom stereocenters. The Morgan fingerprint density at radius 2 is 2.00 bits per heavy atom. The predicted octanol–water partition coefficient (Wildman–Crippen LogP) is 3.37. The number of benzene rings is 1. The monoisotopic (exact) mass is 213 g/mol. The fourth-order valence-corrected chi connectivity index (χ4v) is 2.96. The van der Waals surface area contributed by atoms with Crippen molar-refractivity contribution in [2.45, 2.75) is 44.2 Å². The number of fused-ring (bicyclic) bond motifs is 1. The first kappa shape index (κ1) is 10.1. The molecule has 1 N–H and O–H groups in total. The Kier molecular flexibility index (Phi) is 2.79. The molecule has 2 aliphatic carbocycles. The molecular weight excluding hydrogens is 194 g/mol. The second-order valence-electron chi connectivity index (χ2n) is 4.94. The first-order valence-electron chi connectivity index (χ1n) is 6.42. The average molecular weight is 213 g/mol. The molecule has 1 heteroatoms. The second kappa shape index (κ2) is 4.42. The third-order valence-electron chi connectivity index (χ3n) is 3.84. The SMILES string of the molecule is C1=CCC(NC2CCc3ccccc32)CC1. The number of hydrogen-bond donors (Lipinski definition) is 1. The van der Waals surface area contributed by atoms with Gasteiger partial charge >= 0.3 is 0 Å². The van der Waals surface area contributed by atoms with Crippen LogP contribution in [0.4, 0.5) is 0 Å². The Morgan fingerprint density at radius 3 is 2.88 bits per heavy atom. The fourth-order valence-electron chi connectivity index (χ4n) is 2.96. The summed E-state index contributed by atoms with van der Waals surface area (Å²) in [6.45, 7) is 0. The van der Waals surface area contributed by atoms with Crippen molar-refractivity contribution < 1.29 is 0 Å². The topological polar surface area (TPSA) is 12.0 Å². The van der Waals surface area contributed by atoms with Gasteiger partial charge in [-0.05, 0) is 43.2 Å². The molecule has 0 bridgehead atoms. The molecule has 0 aromatic heterocycles. The van der Waals surface area contributed by atoms with Crippen molar-refractivity contribution in [2.75, 3.05) is 0 Å². The van der Waals surface area contributed by atoms with Gasteiger partial charge in [-0.15, -0.1) is 0 Å². The molecule has 0 aliphatic heterocycles. The normalized spacial score (nSPS) is 28.0. The molecule has 0 spiro atoms. The number of nitrogens with one attached hydrogen (secondary N) is 1. The zero-order valence-electron chi connectivity index (χ0n) is 9.65. The van der Waals surface area contributed by atoms with Crippen molar-refractivity contribution in [3.63, 3.8) is 0 Å². The van der Waals surface area contributed by atoms with Crippen LogP contribution in [0.3, 0.4) is 0 Å². The van der Waals surface area contributed by atoms with Crippen molar-refractivity contribution in [3.05, 3.63) is 47.5 Å². The number of hydrogen-bond acceptors (Lipinski definition) is 1. The van der Waals surface area contributed by atoms with E-state index in [-0.39, 0.29) is 0 Å². The van der Waals surface area contributed by atoms with Crippen LogP contribution in [0.1, 0.15) is 42.9 Å². The molecule has 1 aromatic carbocycles. The molecule has 1 nitrogen and oxygen atoms in total. The van der Waals surface area contributed by atoms with Gasteiger partial charge in [0.2, 0.25) is 0 Å². The molecule has 1 aromatic rings. The number of aryl methyl sites for hydroxylation is 1. The molecule has 0 heterocycles. The van der Waals surface area contributed by atoms with Crippen LogP contribution in [0.5, 0.6) is 0 Å². The first-order valence-corrected chi connectivity index (χ1v) is 6.42. The van der Waals surface area contributed by atoms with Gasteiger partial charge in [0.15, 0.2) is 0 Å². The summed E-state index contributed by atoms with van der Waals surface area (Å²) in [4.78, 5) is 0. The summed E-state index contributed by atoms with van der Waals surface area (Å²) in [5.74, 6) is 0. The van der Waals surface area contributed by atoms with Crippen molar-refractivity contribution >= 4 is 0 Å². The summed E-state index contributed by atoms with van der Waals surface area (Å²) in [7, 11) is 0. The van der Waals surface area contributed by atoms with E-state index in [1.165, 1.54) is 37.7 Å². The van der Waals surface area contributed by atoms with Gasteiger partial charge in [0, 0.05) is 12.1 Å². The van der Waals surface area contributed by atoms with E-state index in [2.05, 4.69) is 41.7 Å². The molecule has 0 fully saturated rings. The molecule has 2 aliphatic rings. The van der Waals surface area contributed by atoms with Gasteiger partial charge in [-0.2, -0.15) is 0 Å². The van der Waals surface area contributed by atoms with Crippen LogP contribution in [-0.4, -0.2) is 6.04 Å². The minimum atomic E-state index is 0.604. The quantitative estimate of drug-likeness (QED) is 0.743. The third-order valence-corrected chi connectivity index (χ3v) is 3.84. The molecule has 0 saturated heterocycles. The van der Waals surface area contributed by atoms with Gasteiger partial charge < -0.3 is 5.32 Å². The Bertz CT molecular complexity index is 394. The molecule has 0 saturated carbocycles. The number of rotatable bonds is 2. The van der Waals surface area contributed by atoms with Crippen LogP contribution in [0.2, 0.25) is 0 Å². The van der Waals surface area contributed by atoms with Gasteiger partial charge in [-0.1, -0.05) is 36.4 Å². The smallest absolute Gasteiger partial charge is 0.0328 e. The highest BCUT2D eigenvalue weighted by Gasteiger charge is 2.24. The Balaban J connectivity index is 1.71. The van der Waals surface area contributed by atoms with Gasteiger partial charge in [0.05, 0.1) is 0 Å². The third kappa shape index (κ3) is 1.92. The van der Waals surface area contributed by atoms with Gasteiger partial charge in [-0.3, -0.25) is 0 Å². The Hall–Kier alpha value is -1.08. The molecule has 2 unspecified atom stereocenters. The Morgan fingerprint density at radius 1 is 1.06 bits per heavy atom. The molecule has 0 radical (unpaired) electrons. The van der Waals surface area contributed by atoms with Crippen LogP contribution >= 0.6 is 0 Å². The van der Waals surface area contributed by atoms with E-state index in [0.29, 0.717) is 12.1 Å². The zero-order chi connectivity index (χ0) is 10.8. The minimum absolute atomic E-state index is 0.604. The van der Waals surface area contributed by atoms with E-state index >= 15 is 0 Å². The van der Waals surface area contributed by atoms with E-state index in [4.69, 9.17) is 0 Å². The van der Waals surface area contributed by atoms with Crippen LogP contribution in [0, 0.1) is 0 Å². The van der Waals surface area contributed by atoms with Gasteiger partial charge in [0.25, 0.3) is 0 Å². The van der Waals surface area contributed by atoms with E-state index in [1.807, 2.05) is 0 Å². The minimum Gasteiger partial charge on any atom is -0.307 e. The van der Waals surface area contributed by atoms with E-state index < -0.39 is 0 Å². The van der Waals surface area contributed by atoms with Gasteiger partial charge in [0.1, 0.15) is 0 Å². The fraction of sp³-hybridized carbons (Fsp3) is 0.467. The lowest BCUT2D eigenvalue weighted by atomic mass is 9.99.